The molecule has 0 spiro atoms. The Morgan fingerprint density at radius 2 is 2.05 bits per heavy atom. The fourth-order valence-corrected chi connectivity index (χ4v) is 2.60. The van der Waals surface area contributed by atoms with Gasteiger partial charge in [0, 0.05) is 12.1 Å². The van der Waals surface area contributed by atoms with E-state index in [-0.39, 0.29) is 35.4 Å². The second kappa shape index (κ2) is 7.35. The normalized spacial score (nSPS) is 20.4. The SMILES string of the molecule is Cc1ccc(NC(=S)NC(=O)CC[C@H]2C[C@@H](C)OC2=O)cc1. The van der Waals surface area contributed by atoms with Crippen LogP contribution in [0.2, 0.25) is 0 Å². The molecule has 22 heavy (non-hydrogen) atoms. The Labute approximate surface area is 135 Å². The fraction of sp³-hybridized carbons (Fsp3) is 0.438. The molecule has 1 fully saturated rings. The van der Waals surface area contributed by atoms with E-state index in [0.29, 0.717) is 12.8 Å². The van der Waals surface area contributed by atoms with Crippen molar-refractivity contribution in [1.29, 1.82) is 0 Å². The van der Waals surface area contributed by atoms with E-state index in [2.05, 4.69) is 10.6 Å². The van der Waals surface area contributed by atoms with Gasteiger partial charge in [-0.3, -0.25) is 9.59 Å². The molecule has 0 bridgehead atoms. The van der Waals surface area contributed by atoms with E-state index in [1.807, 2.05) is 38.1 Å². The van der Waals surface area contributed by atoms with Gasteiger partial charge in [-0.25, -0.2) is 0 Å². The van der Waals surface area contributed by atoms with Crippen molar-refractivity contribution >= 4 is 34.9 Å². The lowest BCUT2D eigenvalue weighted by Gasteiger charge is -2.10. The zero-order valence-corrected chi connectivity index (χ0v) is 13.5. The number of carbonyl (C=O) groups excluding carboxylic acids is 2. The van der Waals surface area contributed by atoms with Crippen molar-refractivity contribution in [2.24, 2.45) is 5.92 Å². The maximum absolute atomic E-state index is 11.9. The molecule has 0 radical (unpaired) electrons. The zero-order chi connectivity index (χ0) is 16.1. The van der Waals surface area contributed by atoms with Crippen molar-refractivity contribution in [1.82, 2.24) is 5.32 Å². The predicted octanol–water partition coefficient (Wildman–Crippen LogP) is 2.54. The molecule has 0 saturated carbocycles. The molecule has 1 aromatic rings. The monoisotopic (exact) mass is 320 g/mol. The number of nitrogens with one attached hydrogen (secondary N) is 2. The van der Waals surface area contributed by atoms with Crippen LogP contribution in [0.25, 0.3) is 0 Å². The van der Waals surface area contributed by atoms with Gasteiger partial charge in [0.15, 0.2) is 5.11 Å². The van der Waals surface area contributed by atoms with Crippen molar-refractivity contribution in [3.05, 3.63) is 29.8 Å². The van der Waals surface area contributed by atoms with Crippen LogP contribution in [0.4, 0.5) is 5.69 Å². The first kappa shape index (κ1) is 16.4. The topological polar surface area (TPSA) is 67.4 Å². The van der Waals surface area contributed by atoms with Crippen molar-refractivity contribution in [3.8, 4) is 0 Å². The Bertz CT molecular complexity index is 571. The number of esters is 1. The molecule has 0 unspecified atom stereocenters. The van der Waals surface area contributed by atoms with Crippen molar-refractivity contribution in [2.45, 2.75) is 39.2 Å². The number of cyclic esters (lactones) is 1. The van der Waals surface area contributed by atoms with Crippen LogP contribution in [-0.4, -0.2) is 23.1 Å². The largest absolute Gasteiger partial charge is 0.462 e. The molecule has 2 atom stereocenters. The highest BCUT2D eigenvalue weighted by molar-refractivity contribution is 7.80. The number of hydrogen-bond acceptors (Lipinski definition) is 4. The third kappa shape index (κ3) is 4.80. The van der Waals surface area contributed by atoms with Crippen LogP contribution >= 0.6 is 12.2 Å². The van der Waals surface area contributed by atoms with Crippen molar-refractivity contribution in [3.63, 3.8) is 0 Å². The smallest absolute Gasteiger partial charge is 0.309 e. The number of hydrogen-bond donors (Lipinski definition) is 2. The number of rotatable bonds is 4. The minimum Gasteiger partial charge on any atom is -0.462 e. The number of anilines is 1. The van der Waals surface area contributed by atoms with E-state index in [9.17, 15) is 9.59 Å². The maximum atomic E-state index is 11.9. The molecule has 118 valence electrons. The van der Waals surface area contributed by atoms with Gasteiger partial charge >= 0.3 is 5.97 Å². The van der Waals surface area contributed by atoms with Crippen LogP contribution in [0, 0.1) is 12.8 Å². The number of amides is 1. The summed E-state index contributed by atoms with van der Waals surface area (Å²) in [5, 5.41) is 5.83. The molecule has 0 aliphatic carbocycles. The Kier molecular flexibility index (Phi) is 5.49. The van der Waals surface area contributed by atoms with Crippen LogP contribution in [-0.2, 0) is 14.3 Å². The van der Waals surface area contributed by atoms with Crippen LogP contribution in [0.5, 0.6) is 0 Å². The summed E-state index contributed by atoms with van der Waals surface area (Å²) in [5.41, 5.74) is 1.97. The highest BCUT2D eigenvalue weighted by Gasteiger charge is 2.31. The lowest BCUT2D eigenvalue weighted by molar-refractivity contribution is -0.143. The number of carbonyl (C=O) groups is 2. The molecule has 5 nitrogen and oxygen atoms in total. The second-order valence-corrected chi connectivity index (χ2v) is 6.00. The molecule has 0 aromatic heterocycles. The van der Waals surface area contributed by atoms with E-state index < -0.39 is 0 Å². The number of ether oxygens (including phenoxy) is 1. The molecule has 1 aliphatic rings. The molecule has 1 aromatic carbocycles. The van der Waals surface area contributed by atoms with Gasteiger partial charge in [-0.2, -0.15) is 0 Å². The average Bonchev–Trinajstić information content (AvgIpc) is 2.77. The van der Waals surface area contributed by atoms with E-state index >= 15 is 0 Å². The van der Waals surface area contributed by atoms with Gasteiger partial charge in [-0.05, 0) is 51.0 Å². The van der Waals surface area contributed by atoms with Crippen molar-refractivity contribution < 1.29 is 14.3 Å². The fourth-order valence-electron chi connectivity index (χ4n) is 2.37. The maximum Gasteiger partial charge on any atom is 0.309 e. The second-order valence-electron chi connectivity index (χ2n) is 5.59. The summed E-state index contributed by atoms with van der Waals surface area (Å²) in [4.78, 5) is 23.3. The molecule has 1 heterocycles. The minimum absolute atomic E-state index is 0.0511. The first-order chi connectivity index (χ1) is 10.4. The summed E-state index contributed by atoms with van der Waals surface area (Å²) in [5.74, 6) is -0.586. The van der Waals surface area contributed by atoms with Crippen LogP contribution < -0.4 is 10.6 Å². The standard InChI is InChI=1S/C16H20N2O3S/c1-10-3-6-13(7-4-10)17-16(22)18-14(19)8-5-12-9-11(2)21-15(12)20/h3-4,6-7,11-12H,5,8-9H2,1-2H3,(H2,17,18,19,22)/t11-,12+/m1/s1. The average molecular weight is 320 g/mol. The van der Waals surface area contributed by atoms with E-state index in [1.54, 1.807) is 0 Å². The van der Waals surface area contributed by atoms with Crippen molar-refractivity contribution in [2.75, 3.05) is 5.32 Å². The Hall–Kier alpha value is -1.95. The molecule has 6 heteroatoms. The number of aryl methyl sites for hydroxylation is 1. The summed E-state index contributed by atoms with van der Waals surface area (Å²) in [7, 11) is 0. The molecular weight excluding hydrogens is 300 g/mol. The molecule has 1 saturated heterocycles. The minimum atomic E-state index is -0.208. The first-order valence-electron chi connectivity index (χ1n) is 7.32. The number of benzene rings is 1. The van der Waals surface area contributed by atoms with E-state index in [1.165, 1.54) is 0 Å². The zero-order valence-electron chi connectivity index (χ0n) is 12.7. The molecular formula is C16H20N2O3S. The molecule has 1 amide bonds. The Morgan fingerprint density at radius 3 is 2.64 bits per heavy atom. The van der Waals surface area contributed by atoms with E-state index in [4.69, 9.17) is 17.0 Å². The van der Waals surface area contributed by atoms with Gasteiger partial charge in [0.2, 0.25) is 5.91 Å². The van der Waals surface area contributed by atoms with Gasteiger partial charge in [0.05, 0.1) is 12.0 Å². The quantitative estimate of drug-likeness (QED) is 0.659. The Morgan fingerprint density at radius 1 is 1.36 bits per heavy atom. The third-order valence-corrected chi connectivity index (χ3v) is 3.75. The highest BCUT2D eigenvalue weighted by Crippen LogP contribution is 2.24. The van der Waals surface area contributed by atoms with Crippen LogP contribution in [0.3, 0.4) is 0 Å². The van der Waals surface area contributed by atoms with Crippen LogP contribution in [0.15, 0.2) is 24.3 Å². The summed E-state index contributed by atoms with van der Waals surface area (Å²) in [6.45, 7) is 3.86. The van der Waals surface area contributed by atoms with Gasteiger partial charge in [0.25, 0.3) is 0 Å². The Balaban J connectivity index is 1.73. The molecule has 2 rings (SSSR count). The van der Waals surface area contributed by atoms with Gasteiger partial charge in [-0.1, -0.05) is 17.7 Å². The summed E-state index contributed by atoms with van der Waals surface area (Å²) in [6, 6.07) is 7.70. The lowest BCUT2D eigenvalue weighted by Crippen LogP contribution is -2.34. The van der Waals surface area contributed by atoms with Gasteiger partial charge in [-0.15, -0.1) is 0 Å². The lowest BCUT2D eigenvalue weighted by atomic mass is 9.99. The predicted molar refractivity (Wildman–Crippen MR) is 88.4 cm³/mol. The van der Waals surface area contributed by atoms with Crippen LogP contribution in [0.1, 0.15) is 31.7 Å². The number of thiocarbonyl (C=S) groups is 1. The summed E-state index contributed by atoms with van der Waals surface area (Å²) < 4.78 is 5.07. The summed E-state index contributed by atoms with van der Waals surface area (Å²) in [6.07, 6.45) is 1.37. The molecule has 1 aliphatic heterocycles. The molecule has 2 N–H and O–H groups in total. The first-order valence-corrected chi connectivity index (χ1v) is 7.73. The highest BCUT2D eigenvalue weighted by atomic mass is 32.1. The van der Waals surface area contributed by atoms with E-state index in [0.717, 1.165) is 11.3 Å². The third-order valence-electron chi connectivity index (χ3n) is 3.55. The van der Waals surface area contributed by atoms with Gasteiger partial charge < -0.3 is 15.4 Å². The van der Waals surface area contributed by atoms with Gasteiger partial charge in [0.1, 0.15) is 0 Å². The summed E-state index contributed by atoms with van der Waals surface area (Å²) >= 11 is 5.10.